The van der Waals surface area contributed by atoms with Crippen LogP contribution in [0, 0.1) is 6.92 Å². The molecular weight excluding hydrogens is 340 g/mol. The average Bonchev–Trinajstić information content (AvgIpc) is 3.20. The van der Waals surface area contributed by atoms with Crippen molar-refractivity contribution in [2.45, 2.75) is 46.1 Å². The zero-order valence-electron chi connectivity index (χ0n) is 16.0. The fourth-order valence-corrected chi connectivity index (χ4v) is 4.10. The van der Waals surface area contributed by atoms with Crippen molar-refractivity contribution in [3.63, 3.8) is 0 Å². The molecule has 1 aliphatic rings. The molecule has 0 spiro atoms. The second kappa shape index (κ2) is 6.72. The summed E-state index contributed by atoms with van der Waals surface area (Å²) in [6.07, 6.45) is 3.01. The van der Waals surface area contributed by atoms with Gasteiger partial charge in [0.25, 0.3) is 5.91 Å². The van der Waals surface area contributed by atoms with E-state index < -0.39 is 0 Å². The van der Waals surface area contributed by atoms with Crippen molar-refractivity contribution >= 4 is 22.7 Å². The van der Waals surface area contributed by atoms with Crippen LogP contribution in [0.1, 0.15) is 63.2 Å². The van der Waals surface area contributed by atoms with Crippen LogP contribution >= 0.6 is 0 Å². The van der Waals surface area contributed by atoms with Crippen molar-refractivity contribution < 1.29 is 14.0 Å². The molecule has 4 rings (SSSR count). The molecule has 1 N–H and O–H groups in total. The van der Waals surface area contributed by atoms with Crippen LogP contribution < -0.4 is 0 Å². The number of aromatic nitrogens is 1. The number of nitrogens with one attached hydrogen (secondary N) is 1. The second-order valence-corrected chi connectivity index (χ2v) is 7.27. The maximum atomic E-state index is 13.1. The Morgan fingerprint density at radius 1 is 1.26 bits per heavy atom. The number of benzene rings is 1. The van der Waals surface area contributed by atoms with Gasteiger partial charge in [0, 0.05) is 48.6 Å². The Hall–Kier alpha value is -2.82. The molecule has 5 heteroatoms. The second-order valence-electron chi connectivity index (χ2n) is 7.27. The fraction of sp³-hybridized carbons (Fsp3) is 0.364. The van der Waals surface area contributed by atoms with Crippen LogP contribution in [0.15, 0.2) is 28.7 Å². The number of H-pyrrole nitrogens is 1. The molecular formula is C22H24N2O3. The maximum absolute atomic E-state index is 13.1. The molecule has 0 saturated heterocycles. The van der Waals surface area contributed by atoms with Crippen molar-refractivity contribution in [1.29, 1.82) is 0 Å². The summed E-state index contributed by atoms with van der Waals surface area (Å²) in [7, 11) is 1.80. The number of fused-ring (bicyclic) bond motifs is 2. The molecule has 1 amide bonds. The molecule has 140 valence electrons. The van der Waals surface area contributed by atoms with Gasteiger partial charge in [-0.25, -0.2) is 0 Å². The van der Waals surface area contributed by atoms with Gasteiger partial charge in [-0.05, 0) is 31.4 Å². The molecule has 2 heterocycles. The van der Waals surface area contributed by atoms with Crippen molar-refractivity contribution in [3.05, 3.63) is 58.1 Å². The van der Waals surface area contributed by atoms with E-state index in [0.29, 0.717) is 18.7 Å². The topological polar surface area (TPSA) is 66.3 Å². The Balaban J connectivity index is 1.66. The van der Waals surface area contributed by atoms with Crippen molar-refractivity contribution in [2.75, 3.05) is 7.05 Å². The van der Waals surface area contributed by atoms with E-state index in [2.05, 4.69) is 11.9 Å². The predicted octanol–water partition coefficient (Wildman–Crippen LogP) is 4.42. The summed E-state index contributed by atoms with van der Waals surface area (Å²) in [5.41, 5.74) is 4.84. The molecule has 0 atom stereocenters. The standard InChI is InChI=1S/C22H24N2O3/c1-4-18-15(14-8-5-6-11-19(14)27-18)12-24(3)22(26)21-13(2)20-16(23-21)9-7-10-17(20)25/h5-6,8,11,23H,4,7,9-10,12H2,1-3H3. The average molecular weight is 364 g/mol. The maximum Gasteiger partial charge on any atom is 0.270 e. The van der Waals surface area contributed by atoms with Crippen LogP contribution in [-0.4, -0.2) is 28.6 Å². The van der Waals surface area contributed by atoms with Gasteiger partial charge in [-0.3, -0.25) is 9.59 Å². The number of carbonyl (C=O) groups excluding carboxylic acids is 2. The number of ketones is 1. The highest BCUT2D eigenvalue weighted by Gasteiger charge is 2.28. The number of carbonyl (C=O) groups is 2. The molecule has 0 saturated carbocycles. The zero-order valence-corrected chi connectivity index (χ0v) is 16.0. The van der Waals surface area contributed by atoms with Crippen LogP contribution in [0.3, 0.4) is 0 Å². The van der Waals surface area contributed by atoms with E-state index >= 15 is 0 Å². The third-order valence-corrected chi connectivity index (χ3v) is 5.50. The third kappa shape index (κ3) is 2.87. The molecule has 2 aromatic heterocycles. The summed E-state index contributed by atoms with van der Waals surface area (Å²) in [6, 6.07) is 7.92. The lowest BCUT2D eigenvalue weighted by Gasteiger charge is -2.17. The molecule has 27 heavy (non-hydrogen) atoms. The highest BCUT2D eigenvalue weighted by Crippen LogP contribution is 2.29. The summed E-state index contributed by atoms with van der Waals surface area (Å²) in [6.45, 7) is 4.39. The molecule has 1 aromatic carbocycles. The number of rotatable bonds is 4. The van der Waals surface area contributed by atoms with Gasteiger partial charge >= 0.3 is 0 Å². The highest BCUT2D eigenvalue weighted by atomic mass is 16.3. The summed E-state index contributed by atoms with van der Waals surface area (Å²) >= 11 is 0. The van der Waals surface area contributed by atoms with Gasteiger partial charge in [0.05, 0.1) is 0 Å². The first-order valence-corrected chi connectivity index (χ1v) is 9.50. The van der Waals surface area contributed by atoms with E-state index in [9.17, 15) is 9.59 Å². The van der Waals surface area contributed by atoms with Gasteiger partial charge in [-0.2, -0.15) is 0 Å². The number of furan rings is 1. The largest absolute Gasteiger partial charge is 0.461 e. The number of hydrogen-bond donors (Lipinski definition) is 1. The summed E-state index contributed by atoms with van der Waals surface area (Å²) in [4.78, 5) is 30.3. The van der Waals surface area contributed by atoms with Crippen LogP contribution in [-0.2, 0) is 19.4 Å². The number of hydrogen-bond acceptors (Lipinski definition) is 3. The molecule has 0 fully saturated rings. The number of Topliss-reactive ketones (excluding diaryl/α,β-unsaturated/α-hetero) is 1. The summed E-state index contributed by atoms with van der Waals surface area (Å²) < 4.78 is 5.95. The Bertz CT molecular complexity index is 1040. The lowest BCUT2D eigenvalue weighted by molar-refractivity contribution is 0.0779. The highest BCUT2D eigenvalue weighted by molar-refractivity contribution is 6.04. The first-order valence-electron chi connectivity index (χ1n) is 9.50. The lowest BCUT2D eigenvalue weighted by atomic mass is 9.94. The number of nitrogens with zero attached hydrogens (tertiary/aromatic N) is 1. The van der Waals surface area contributed by atoms with Crippen LogP contribution in [0.25, 0.3) is 11.0 Å². The van der Waals surface area contributed by atoms with Gasteiger partial charge in [-0.1, -0.05) is 25.1 Å². The smallest absolute Gasteiger partial charge is 0.270 e. The van der Waals surface area contributed by atoms with E-state index in [1.165, 1.54) is 0 Å². The van der Waals surface area contributed by atoms with Gasteiger partial charge in [0.1, 0.15) is 17.0 Å². The van der Waals surface area contributed by atoms with Crippen molar-refractivity contribution in [1.82, 2.24) is 9.88 Å². The SMILES string of the molecule is CCc1oc2ccccc2c1CN(C)C(=O)c1[nH]c2c(c1C)C(=O)CCC2. The molecule has 1 aliphatic carbocycles. The van der Waals surface area contributed by atoms with Crippen LogP contribution in [0.4, 0.5) is 0 Å². The molecule has 0 bridgehead atoms. The van der Waals surface area contributed by atoms with E-state index in [-0.39, 0.29) is 11.7 Å². The van der Waals surface area contributed by atoms with Crippen molar-refractivity contribution in [2.24, 2.45) is 0 Å². The summed E-state index contributed by atoms with van der Waals surface area (Å²) in [5, 5.41) is 1.05. The van der Waals surface area contributed by atoms with Crippen LogP contribution in [0.2, 0.25) is 0 Å². The minimum Gasteiger partial charge on any atom is -0.461 e. The minimum atomic E-state index is -0.0953. The lowest BCUT2D eigenvalue weighted by Crippen LogP contribution is -2.27. The van der Waals surface area contributed by atoms with E-state index in [0.717, 1.165) is 58.4 Å². The number of aromatic amines is 1. The van der Waals surface area contributed by atoms with E-state index in [1.807, 2.05) is 31.2 Å². The number of amides is 1. The third-order valence-electron chi connectivity index (χ3n) is 5.50. The number of para-hydroxylation sites is 1. The van der Waals surface area contributed by atoms with Crippen molar-refractivity contribution in [3.8, 4) is 0 Å². The molecule has 3 aromatic rings. The Kier molecular flexibility index (Phi) is 4.38. The van der Waals surface area contributed by atoms with Crippen LogP contribution in [0.5, 0.6) is 0 Å². The fourth-order valence-electron chi connectivity index (χ4n) is 4.10. The Labute approximate surface area is 158 Å². The first kappa shape index (κ1) is 17.6. The van der Waals surface area contributed by atoms with Gasteiger partial charge in [0.15, 0.2) is 5.78 Å². The quantitative estimate of drug-likeness (QED) is 0.745. The van der Waals surface area contributed by atoms with E-state index in [4.69, 9.17) is 4.42 Å². The monoisotopic (exact) mass is 364 g/mol. The summed E-state index contributed by atoms with van der Waals surface area (Å²) in [5.74, 6) is 0.955. The normalized spacial score (nSPS) is 13.8. The molecule has 0 aliphatic heterocycles. The Morgan fingerprint density at radius 2 is 2.04 bits per heavy atom. The molecule has 0 radical (unpaired) electrons. The zero-order chi connectivity index (χ0) is 19.1. The first-order chi connectivity index (χ1) is 13.0. The van der Waals surface area contributed by atoms with Gasteiger partial charge < -0.3 is 14.3 Å². The number of aryl methyl sites for hydroxylation is 2. The van der Waals surface area contributed by atoms with Gasteiger partial charge in [0.2, 0.25) is 0 Å². The predicted molar refractivity (Wildman–Crippen MR) is 104 cm³/mol. The Morgan fingerprint density at radius 3 is 2.78 bits per heavy atom. The van der Waals surface area contributed by atoms with Gasteiger partial charge in [-0.15, -0.1) is 0 Å². The molecule has 5 nitrogen and oxygen atoms in total. The molecule has 0 unspecified atom stereocenters. The minimum absolute atomic E-state index is 0.0953. The van der Waals surface area contributed by atoms with E-state index in [1.54, 1.807) is 11.9 Å².